The highest BCUT2D eigenvalue weighted by Gasteiger charge is 2.45. The van der Waals surface area contributed by atoms with Gasteiger partial charge in [-0.25, -0.2) is 0 Å². The third-order valence-corrected chi connectivity index (χ3v) is 2.66. The van der Waals surface area contributed by atoms with E-state index in [1.807, 2.05) is 0 Å². The molecule has 1 rings (SSSR count). The van der Waals surface area contributed by atoms with Crippen LogP contribution in [-0.2, 0) is 15.0 Å². The zero-order valence-corrected chi connectivity index (χ0v) is 9.02. The summed E-state index contributed by atoms with van der Waals surface area (Å²) >= 11 is 0. The molecule has 0 unspecified atom stereocenters. The maximum atomic E-state index is 11.1. The summed E-state index contributed by atoms with van der Waals surface area (Å²) in [7, 11) is 0. The Kier molecular flexibility index (Phi) is 2.89. The van der Waals surface area contributed by atoms with Gasteiger partial charge in [-0.2, -0.15) is 0 Å². The van der Waals surface area contributed by atoms with Crippen LogP contribution in [0.5, 0.6) is 0 Å². The first-order valence-electron chi connectivity index (χ1n) is 4.64. The number of nitrogen functional groups attached to an aromatic ring is 1. The lowest BCUT2D eigenvalue weighted by Crippen LogP contribution is -2.42. The molecule has 86 valence electrons. The van der Waals surface area contributed by atoms with Gasteiger partial charge < -0.3 is 15.9 Å². The molecule has 0 saturated heterocycles. The summed E-state index contributed by atoms with van der Waals surface area (Å²) in [5, 5.41) is 18.1. The highest BCUT2D eigenvalue weighted by molar-refractivity contribution is 6.05. The SMILES string of the molecule is Cc1cccc(N)c1C(C)(C(=O)O)C(=O)O. The van der Waals surface area contributed by atoms with Crippen molar-refractivity contribution < 1.29 is 19.8 Å². The molecule has 0 spiro atoms. The third-order valence-electron chi connectivity index (χ3n) is 2.66. The predicted molar refractivity (Wildman–Crippen MR) is 58.2 cm³/mol. The largest absolute Gasteiger partial charge is 0.480 e. The number of anilines is 1. The Bertz CT molecular complexity index is 419. The van der Waals surface area contributed by atoms with Gasteiger partial charge in [-0.3, -0.25) is 9.59 Å². The Hall–Kier alpha value is -2.04. The number of benzene rings is 1. The molecule has 0 fully saturated rings. The van der Waals surface area contributed by atoms with E-state index in [-0.39, 0.29) is 11.3 Å². The lowest BCUT2D eigenvalue weighted by Gasteiger charge is -2.23. The summed E-state index contributed by atoms with van der Waals surface area (Å²) in [6.07, 6.45) is 0. The number of hydrogen-bond donors (Lipinski definition) is 3. The summed E-state index contributed by atoms with van der Waals surface area (Å²) < 4.78 is 0. The Balaban J connectivity index is 3.56. The van der Waals surface area contributed by atoms with Crippen molar-refractivity contribution in [3.8, 4) is 0 Å². The monoisotopic (exact) mass is 223 g/mol. The van der Waals surface area contributed by atoms with Crippen molar-refractivity contribution in [3.05, 3.63) is 29.3 Å². The molecule has 0 amide bonds. The number of rotatable bonds is 3. The van der Waals surface area contributed by atoms with Crippen LogP contribution in [0.4, 0.5) is 5.69 Å². The first-order chi connectivity index (χ1) is 7.31. The van der Waals surface area contributed by atoms with Crippen LogP contribution in [0.1, 0.15) is 18.1 Å². The zero-order valence-electron chi connectivity index (χ0n) is 9.02. The fourth-order valence-electron chi connectivity index (χ4n) is 1.68. The molecule has 0 aliphatic carbocycles. The second-order valence-corrected chi connectivity index (χ2v) is 3.77. The van der Waals surface area contributed by atoms with Crippen molar-refractivity contribution in [2.24, 2.45) is 0 Å². The molecule has 0 bridgehead atoms. The van der Waals surface area contributed by atoms with Gasteiger partial charge in [-0.1, -0.05) is 12.1 Å². The van der Waals surface area contributed by atoms with E-state index in [2.05, 4.69) is 0 Å². The Morgan fingerprint density at radius 2 is 1.75 bits per heavy atom. The number of aliphatic carboxylic acids is 2. The minimum atomic E-state index is -2.02. The van der Waals surface area contributed by atoms with E-state index in [0.29, 0.717) is 5.56 Å². The lowest BCUT2D eigenvalue weighted by molar-refractivity contribution is -0.156. The van der Waals surface area contributed by atoms with Gasteiger partial charge >= 0.3 is 11.9 Å². The number of nitrogens with two attached hydrogens (primary N) is 1. The highest BCUT2D eigenvalue weighted by atomic mass is 16.4. The Labute approximate surface area is 92.5 Å². The van der Waals surface area contributed by atoms with Gasteiger partial charge in [0.15, 0.2) is 5.41 Å². The van der Waals surface area contributed by atoms with E-state index in [9.17, 15) is 9.59 Å². The molecule has 0 heterocycles. The van der Waals surface area contributed by atoms with Crippen LogP contribution in [0.25, 0.3) is 0 Å². The van der Waals surface area contributed by atoms with Crippen molar-refractivity contribution in [1.82, 2.24) is 0 Å². The van der Waals surface area contributed by atoms with Crippen LogP contribution in [0, 0.1) is 6.92 Å². The molecular formula is C11H13NO4. The molecule has 5 heteroatoms. The minimum Gasteiger partial charge on any atom is -0.480 e. The quantitative estimate of drug-likeness (QED) is 0.524. The lowest BCUT2D eigenvalue weighted by atomic mass is 9.79. The zero-order chi connectivity index (χ0) is 12.5. The topological polar surface area (TPSA) is 101 Å². The molecule has 1 aromatic carbocycles. The summed E-state index contributed by atoms with van der Waals surface area (Å²) in [6.45, 7) is 2.77. The van der Waals surface area contributed by atoms with Gasteiger partial charge in [0.1, 0.15) is 0 Å². The van der Waals surface area contributed by atoms with E-state index in [4.69, 9.17) is 15.9 Å². The molecule has 0 aliphatic rings. The van der Waals surface area contributed by atoms with Gasteiger partial charge in [0.2, 0.25) is 0 Å². The van der Waals surface area contributed by atoms with Gasteiger partial charge in [0, 0.05) is 11.3 Å². The number of aryl methyl sites for hydroxylation is 1. The summed E-state index contributed by atoms with van der Waals surface area (Å²) in [5.41, 5.74) is 4.49. The molecule has 0 radical (unpaired) electrons. The molecule has 0 atom stereocenters. The van der Waals surface area contributed by atoms with E-state index >= 15 is 0 Å². The van der Waals surface area contributed by atoms with Gasteiger partial charge in [-0.05, 0) is 25.5 Å². The number of hydrogen-bond acceptors (Lipinski definition) is 3. The second-order valence-electron chi connectivity index (χ2n) is 3.77. The van der Waals surface area contributed by atoms with E-state index in [0.717, 1.165) is 6.92 Å². The van der Waals surface area contributed by atoms with Crippen molar-refractivity contribution >= 4 is 17.6 Å². The van der Waals surface area contributed by atoms with Crippen LogP contribution >= 0.6 is 0 Å². The smallest absolute Gasteiger partial charge is 0.325 e. The summed E-state index contributed by atoms with van der Waals surface area (Å²) in [6, 6.07) is 4.78. The minimum absolute atomic E-state index is 0.134. The first-order valence-corrected chi connectivity index (χ1v) is 4.64. The van der Waals surface area contributed by atoms with Crippen LogP contribution < -0.4 is 5.73 Å². The second kappa shape index (κ2) is 3.84. The first kappa shape index (κ1) is 12.0. The molecule has 0 saturated carbocycles. The summed E-state index contributed by atoms with van der Waals surface area (Å²) in [5.74, 6) is -2.86. The van der Waals surface area contributed by atoms with Crippen molar-refractivity contribution in [3.63, 3.8) is 0 Å². The molecule has 1 aromatic rings. The average Bonchev–Trinajstić information content (AvgIpc) is 2.16. The predicted octanol–water partition coefficient (Wildman–Crippen LogP) is 1.00. The van der Waals surface area contributed by atoms with E-state index < -0.39 is 17.4 Å². The molecule has 0 aromatic heterocycles. The van der Waals surface area contributed by atoms with Gasteiger partial charge in [0.25, 0.3) is 0 Å². The van der Waals surface area contributed by atoms with Crippen LogP contribution in [0.2, 0.25) is 0 Å². The molecule has 5 nitrogen and oxygen atoms in total. The fraction of sp³-hybridized carbons (Fsp3) is 0.273. The van der Waals surface area contributed by atoms with Crippen LogP contribution in [-0.4, -0.2) is 22.2 Å². The van der Waals surface area contributed by atoms with Crippen LogP contribution in [0.3, 0.4) is 0 Å². The van der Waals surface area contributed by atoms with Gasteiger partial charge in [0.05, 0.1) is 0 Å². The molecule has 16 heavy (non-hydrogen) atoms. The maximum absolute atomic E-state index is 11.1. The Morgan fingerprint density at radius 3 is 2.12 bits per heavy atom. The number of carboxylic acid groups (broad SMARTS) is 2. The fourth-order valence-corrected chi connectivity index (χ4v) is 1.68. The molecule has 4 N–H and O–H groups in total. The highest BCUT2D eigenvalue weighted by Crippen LogP contribution is 2.32. The standard InChI is InChI=1S/C11H13NO4/c1-6-4-3-5-7(12)8(6)11(2,9(13)14)10(15)16/h3-5H,12H2,1-2H3,(H,13,14)(H,15,16). The van der Waals surface area contributed by atoms with Crippen molar-refractivity contribution in [1.29, 1.82) is 0 Å². The summed E-state index contributed by atoms with van der Waals surface area (Å²) in [4.78, 5) is 22.3. The third kappa shape index (κ3) is 1.60. The van der Waals surface area contributed by atoms with Gasteiger partial charge in [-0.15, -0.1) is 0 Å². The Morgan fingerprint density at radius 1 is 1.25 bits per heavy atom. The van der Waals surface area contributed by atoms with Crippen molar-refractivity contribution in [2.75, 3.05) is 5.73 Å². The van der Waals surface area contributed by atoms with E-state index in [1.54, 1.807) is 19.1 Å². The van der Waals surface area contributed by atoms with Crippen molar-refractivity contribution in [2.45, 2.75) is 19.3 Å². The normalized spacial score (nSPS) is 11.1. The van der Waals surface area contributed by atoms with Crippen LogP contribution in [0.15, 0.2) is 18.2 Å². The maximum Gasteiger partial charge on any atom is 0.325 e. The molecule has 0 aliphatic heterocycles. The molecular weight excluding hydrogens is 210 g/mol. The number of carboxylic acids is 2. The van der Waals surface area contributed by atoms with E-state index in [1.165, 1.54) is 6.07 Å². The average molecular weight is 223 g/mol. The number of carbonyl (C=O) groups is 2.